The number of rotatable bonds is 75. The van der Waals surface area contributed by atoms with Crippen LogP contribution in [-0.2, 0) is 65.4 Å². The van der Waals surface area contributed by atoms with Gasteiger partial charge >= 0.3 is 39.5 Å². The molecule has 6 atom stereocenters. The van der Waals surface area contributed by atoms with Crippen LogP contribution in [0.25, 0.3) is 0 Å². The van der Waals surface area contributed by atoms with Crippen molar-refractivity contribution in [3.63, 3.8) is 0 Å². The molecule has 0 spiro atoms. The van der Waals surface area contributed by atoms with Crippen molar-refractivity contribution in [3.05, 3.63) is 0 Å². The minimum absolute atomic E-state index is 0.106. The van der Waals surface area contributed by atoms with E-state index < -0.39 is 97.5 Å². The fourth-order valence-electron chi connectivity index (χ4n) is 11.7. The van der Waals surface area contributed by atoms with Gasteiger partial charge in [-0.25, -0.2) is 9.13 Å². The number of phosphoric acid groups is 2. The van der Waals surface area contributed by atoms with E-state index in [2.05, 4.69) is 48.5 Å². The third kappa shape index (κ3) is 69.2. The van der Waals surface area contributed by atoms with E-state index in [1.807, 2.05) is 0 Å². The molecule has 0 aromatic carbocycles. The van der Waals surface area contributed by atoms with Gasteiger partial charge in [-0.2, -0.15) is 0 Å². The van der Waals surface area contributed by atoms with E-state index in [9.17, 15) is 43.2 Å². The molecule has 96 heavy (non-hydrogen) atoms. The Morgan fingerprint density at radius 2 is 0.531 bits per heavy atom. The molecule has 0 saturated carbocycles. The van der Waals surface area contributed by atoms with E-state index in [4.69, 9.17) is 37.0 Å². The predicted octanol–water partition coefficient (Wildman–Crippen LogP) is 22.6. The molecule has 19 heteroatoms. The minimum atomic E-state index is -4.96. The number of esters is 4. The molecule has 0 radical (unpaired) electrons. The van der Waals surface area contributed by atoms with Crippen LogP contribution in [0.2, 0.25) is 0 Å². The fraction of sp³-hybridized carbons (Fsp3) is 0.948. The normalized spacial score (nSPS) is 14.3. The number of unbranched alkanes of at least 4 members (excludes halogenated alkanes) is 42. The van der Waals surface area contributed by atoms with Crippen LogP contribution < -0.4 is 0 Å². The van der Waals surface area contributed by atoms with Crippen LogP contribution in [0.1, 0.15) is 395 Å². The van der Waals surface area contributed by atoms with Crippen LogP contribution >= 0.6 is 15.6 Å². The van der Waals surface area contributed by atoms with Gasteiger partial charge in [0.15, 0.2) is 12.2 Å². The van der Waals surface area contributed by atoms with Gasteiger partial charge in [0.1, 0.15) is 19.3 Å². The predicted molar refractivity (Wildman–Crippen MR) is 391 cm³/mol. The molecule has 0 heterocycles. The maximum Gasteiger partial charge on any atom is 0.472 e. The number of hydrogen-bond acceptors (Lipinski definition) is 15. The second-order valence-corrected chi connectivity index (χ2v) is 31.8. The molecule has 0 fully saturated rings. The first-order chi connectivity index (χ1) is 46.3. The van der Waals surface area contributed by atoms with E-state index in [1.165, 1.54) is 205 Å². The van der Waals surface area contributed by atoms with Gasteiger partial charge in [0.05, 0.1) is 26.4 Å². The maximum atomic E-state index is 13.1. The molecule has 3 unspecified atom stereocenters. The smallest absolute Gasteiger partial charge is 0.462 e. The summed E-state index contributed by atoms with van der Waals surface area (Å²) in [5, 5.41) is 10.6. The SMILES string of the molecule is CCCCCCCCCCCCC(=O)OC[C@H](COP(=O)(O)OC[C@H](O)COP(=O)(O)OC[C@@H](COC(=O)CCCCCCCCCCCCC(C)CC)OC(=O)CCCCCCCCCCCCCCCCCCC(C)C)OC(=O)CCCCCCCCCCCCC(C)C. The fourth-order valence-corrected chi connectivity index (χ4v) is 13.3. The largest absolute Gasteiger partial charge is 0.472 e. The highest BCUT2D eigenvalue weighted by Crippen LogP contribution is 2.45. The van der Waals surface area contributed by atoms with Crippen molar-refractivity contribution in [3.8, 4) is 0 Å². The second kappa shape index (κ2) is 67.5. The zero-order valence-corrected chi connectivity index (χ0v) is 64.6. The van der Waals surface area contributed by atoms with Crippen molar-refractivity contribution in [1.82, 2.24) is 0 Å². The zero-order chi connectivity index (χ0) is 70.9. The summed E-state index contributed by atoms with van der Waals surface area (Å²) in [5.74, 6) is 0.255. The lowest BCUT2D eigenvalue weighted by atomic mass is 9.99. The van der Waals surface area contributed by atoms with Crippen molar-refractivity contribution < 1.29 is 80.2 Å². The minimum Gasteiger partial charge on any atom is -0.462 e. The third-order valence-corrected chi connectivity index (χ3v) is 20.1. The number of aliphatic hydroxyl groups excluding tert-OH is 1. The van der Waals surface area contributed by atoms with E-state index in [0.717, 1.165) is 108 Å². The Labute approximate surface area is 588 Å². The van der Waals surface area contributed by atoms with Crippen molar-refractivity contribution in [2.75, 3.05) is 39.6 Å². The van der Waals surface area contributed by atoms with E-state index >= 15 is 0 Å². The lowest BCUT2D eigenvalue weighted by Crippen LogP contribution is -2.30. The molecule has 0 aliphatic heterocycles. The molecule has 3 N–H and O–H groups in total. The average molecular weight is 1410 g/mol. The maximum absolute atomic E-state index is 13.1. The molecule has 0 aliphatic carbocycles. The molecule has 0 aromatic heterocycles. The number of hydrogen-bond donors (Lipinski definition) is 3. The molecule has 17 nitrogen and oxygen atoms in total. The quantitative estimate of drug-likeness (QED) is 0.0222. The summed E-state index contributed by atoms with van der Waals surface area (Å²) in [6.07, 6.45) is 54.0. The topological polar surface area (TPSA) is 237 Å². The molecule has 0 bridgehead atoms. The lowest BCUT2D eigenvalue weighted by molar-refractivity contribution is -0.161. The third-order valence-electron chi connectivity index (χ3n) is 18.2. The molecule has 0 amide bonds. The Morgan fingerprint density at radius 1 is 0.302 bits per heavy atom. The highest BCUT2D eigenvalue weighted by atomic mass is 31.2. The Kier molecular flexibility index (Phi) is 66.2. The molecule has 570 valence electrons. The summed E-state index contributed by atoms with van der Waals surface area (Å²) in [7, 11) is -9.91. The van der Waals surface area contributed by atoms with Gasteiger partial charge in [-0.05, 0) is 43.4 Å². The summed E-state index contributed by atoms with van der Waals surface area (Å²) < 4.78 is 68.6. The summed E-state index contributed by atoms with van der Waals surface area (Å²) >= 11 is 0. The molecule has 0 saturated heterocycles. The van der Waals surface area contributed by atoms with Crippen molar-refractivity contribution >= 4 is 39.5 Å². The van der Waals surface area contributed by atoms with Gasteiger partial charge in [-0.15, -0.1) is 0 Å². The van der Waals surface area contributed by atoms with E-state index in [1.54, 1.807) is 0 Å². The molecular weight excluding hydrogens is 1260 g/mol. The highest BCUT2D eigenvalue weighted by Gasteiger charge is 2.30. The van der Waals surface area contributed by atoms with Crippen LogP contribution in [0.3, 0.4) is 0 Å². The number of ether oxygens (including phenoxy) is 4. The summed E-state index contributed by atoms with van der Waals surface area (Å²) in [6, 6.07) is 0. The van der Waals surface area contributed by atoms with Gasteiger partial charge in [0, 0.05) is 25.7 Å². The first-order valence-corrected chi connectivity index (χ1v) is 42.9. The Morgan fingerprint density at radius 3 is 0.792 bits per heavy atom. The van der Waals surface area contributed by atoms with Crippen LogP contribution in [-0.4, -0.2) is 96.7 Å². The van der Waals surface area contributed by atoms with Crippen LogP contribution in [0.15, 0.2) is 0 Å². The van der Waals surface area contributed by atoms with Gasteiger partial charge in [0.2, 0.25) is 0 Å². The van der Waals surface area contributed by atoms with Crippen molar-refractivity contribution in [2.45, 2.75) is 414 Å². The molecule has 0 rings (SSSR count). The van der Waals surface area contributed by atoms with Gasteiger partial charge in [0.25, 0.3) is 0 Å². The number of phosphoric ester groups is 2. The zero-order valence-electron chi connectivity index (χ0n) is 62.8. The van der Waals surface area contributed by atoms with Gasteiger partial charge < -0.3 is 33.8 Å². The number of carbonyl (C=O) groups excluding carboxylic acids is 4. The first-order valence-electron chi connectivity index (χ1n) is 39.9. The summed E-state index contributed by atoms with van der Waals surface area (Å²) in [6.45, 7) is 11.9. The first kappa shape index (κ1) is 94.1. The molecule has 0 aromatic rings. The standard InChI is InChI=1S/C77H150O17P2/c1-8-10-11-12-13-14-30-37-44-51-58-74(79)87-64-72(94-77(82)61-54-47-40-33-25-23-28-35-42-49-56-69(5)6)66-91-95(83,84)89-62-71(78)63-90-96(85,86)92-67-73(65-88-75(80)59-52-45-38-31-26-24-29-36-43-50-57-70(7)9-2)93-76(81)60-53-46-39-32-22-20-18-16-15-17-19-21-27-34-41-48-55-68(3)4/h68-73,78H,8-67H2,1-7H3,(H,83,84)(H,85,86)/t70?,71-,72+,73+/m0/s1. The van der Waals surface area contributed by atoms with E-state index in [0.29, 0.717) is 25.7 Å². The van der Waals surface area contributed by atoms with Crippen LogP contribution in [0.5, 0.6) is 0 Å². The number of carbonyl (C=O) groups is 4. The highest BCUT2D eigenvalue weighted by molar-refractivity contribution is 7.47. The number of aliphatic hydroxyl groups is 1. The van der Waals surface area contributed by atoms with Crippen LogP contribution in [0.4, 0.5) is 0 Å². The summed E-state index contributed by atoms with van der Waals surface area (Å²) in [4.78, 5) is 72.8. The monoisotopic (exact) mass is 1410 g/mol. The molecule has 0 aliphatic rings. The summed E-state index contributed by atoms with van der Waals surface area (Å²) in [5.41, 5.74) is 0. The lowest BCUT2D eigenvalue weighted by Gasteiger charge is -2.21. The van der Waals surface area contributed by atoms with Gasteiger partial charge in [-0.1, -0.05) is 344 Å². The Hall–Kier alpha value is -1.94. The van der Waals surface area contributed by atoms with Crippen molar-refractivity contribution in [1.29, 1.82) is 0 Å². The Balaban J connectivity index is 5.24. The Bertz CT molecular complexity index is 1870. The average Bonchev–Trinajstić information content (AvgIpc) is 2.39. The van der Waals surface area contributed by atoms with Crippen LogP contribution in [0, 0.1) is 17.8 Å². The van der Waals surface area contributed by atoms with E-state index in [-0.39, 0.29) is 25.7 Å². The second-order valence-electron chi connectivity index (χ2n) is 28.9. The van der Waals surface area contributed by atoms with Gasteiger partial charge in [-0.3, -0.25) is 37.3 Å². The molecular formula is C77H150O17P2. The van der Waals surface area contributed by atoms with Crippen molar-refractivity contribution in [2.24, 2.45) is 17.8 Å².